The molecule has 8 heteroatoms. The molecule has 1 aliphatic rings. The van der Waals surface area contributed by atoms with Crippen molar-refractivity contribution in [3.8, 4) is 11.5 Å². The summed E-state index contributed by atoms with van der Waals surface area (Å²) in [5.74, 6) is -0.00932. The Bertz CT molecular complexity index is 841. The normalized spacial score (nSPS) is 14.2. The summed E-state index contributed by atoms with van der Waals surface area (Å²) < 4.78 is 51.6. The third kappa shape index (κ3) is 3.35. The van der Waals surface area contributed by atoms with E-state index in [0.717, 1.165) is 6.07 Å². The number of benzene rings is 2. The van der Waals surface area contributed by atoms with Crippen molar-refractivity contribution in [3.05, 3.63) is 47.2 Å². The Kier molecular flexibility index (Phi) is 4.32. The Morgan fingerprint density at radius 1 is 1.09 bits per heavy atom. The minimum Gasteiger partial charge on any atom is -0.490 e. The second-order valence-corrected chi connectivity index (χ2v) is 6.92. The smallest absolute Gasteiger partial charge is 0.264 e. The van der Waals surface area contributed by atoms with Gasteiger partial charge in [-0.2, -0.15) is 0 Å². The molecule has 0 unspecified atom stereocenters. The molecule has 0 amide bonds. The topological polar surface area (TPSA) is 64.6 Å². The van der Waals surface area contributed by atoms with Gasteiger partial charge in [0.05, 0.1) is 23.9 Å². The second kappa shape index (κ2) is 6.25. The number of hydrogen-bond donors (Lipinski definition) is 1. The predicted octanol–water partition coefficient (Wildman–Crippen LogP) is 3.44. The van der Waals surface area contributed by atoms with Gasteiger partial charge in [-0.3, -0.25) is 4.72 Å². The van der Waals surface area contributed by atoms with Crippen molar-refractivity contribution < 1.29 is 22.3 Å². The van der Waals surface area contributed by atoms with E-state index in [1.54, 1.807) is 0 Å². The van der Waals surface area contributed by atoms with Crippen molar-refractivity contribution in [1.29, 1.82) is 0 Å². The summed E-state index contributed by atoms with van der Waals surface area (Å²) in [4.78, 5) is -0.455. The number of rotatable bonds is 3. The summed E-state index contributed by atoms with van der Waals surface area (Å²) >= 11 is 6.09. The molecule has 2 aromatic rings. The lowest BCUT2D eigenvalue weighted by molar-refractivity contribution is 0.297. The van der Waals surface area contributed by atoms with Gasteiger partial charge in [-0.05, 0) is 12.1 Å². The molecule has 0 fully saturated rings. The Labute approximate surface area is 138 Å². The van der Waals surface area contributed by atoms with Crippen molar-refractivity contribution in [1.82, 2.24) is 0 Å². The average Bonchev–Trinajstić information content (AvgIpc) is 2.72. The van der Waals surface area contributed by atoms with Gasteiger partial charge in [-0.1, -0.05) is 23.7 Å². The van der Waals surface area contributed by atoms with Crippen LogP contribution in [0.15, 0.2) is 41.3 Å². The minimum atomic E-state index is -4.11. The molecule has 1 aliphatic heterocycles. The molecule has 122 valence electrons. The van der Waals surface area contributed by atoms with Gasteiger partial charge in [0.25, 0.3) is 10.0 Å². The standard InChI is InChI=1S/C15H13ClFNO4S/c16-10-8-13-14(22-7-3-6-21-13)9-12(10)18-23(19,20)15-5-2-1-4-11(15)17/h1-2,4-5,8-9,18H,3,6-7H2. The maximum Gasteiger partial charge on any atom is 0.264 e. The summed E-state index contributed by atoms with van der Waals surface area (Å²) in [6, 6.07) is 8.00. The fraction of sp³-hybridized carbons (Fsp3) is 0.200. The van der Waals surface area contributed by atoms with Crippen molar-refractivity contribution >= 4 is 27.3 Å². The quantitative estimate of drug-likeness (QED) is 0.913. The van der Waals surface area contributed by atoms with E-state index < -0.39 is 20.7 Å². The van der Waals surface area contributed by atoms with Gasteiger partial charge >= 0.3 is 0 Å². The average molecular weight is 358 g/mol. The highest BCUT2D eigenvalue weighted by Gasteiger charge is 2.22. The van der Waals surface area contributed by atoms with Crippen LogP contribution in [0.4, 0.5) is 10.1 Å². The lowest BCUT2D eigenvalue weighted by Crippen LogP contribution is -2.15. The number of hydrogen-bond acceptors (Lipinski definition) is 4. The molecular weight excluding hydrogens is 345 g/mol. The van der Waals surface area contributed by atoms with Crippen LogP contribution in [-0.2, 0) is 10.0 Å². The molecule has 1 N–H and O–H groups in total. The van der Waals surface area contributed by atoms with E-state index >= 15 is 0 Å². The van der Waals surface area contributed by atoms with Crippen molar-refractivity contribution in [2.75, 3.05) is 17.9 Å². The molecule has 23 heavy (non-hydrogen) atoms. The molecule has 0 atom stereocenters. The van der Waals surface area contributed by atoms with E-state index in [0.29, 0.717) is 31.1 Å². The lowest BCUT2D eigenvalue weighted by Gasteiger charge is -2.13. The zero-order chi connectivity index (χ0) is 16.4. The molecule has 2 aromatic carbocycles. The molecule has 0 radical (unpaired) electrons. The van der Waals surface area contributed by atoms with Gasteiger partial charge in [0.1, 0.15) is 10.7 Å². The van der Waals surface area contributed by atoms with Crippen LogP contribution in [0.5, 0.6) is 11.5 Å². The van der Waals surface area contributed by atoms with E-state index in [2.05, 4.69) is 4.72 Å². The van der Waals surface area contributed by atoms with Crippen molar-refractivity contribution in [2.45, 2.75) is 11.3 Å². The SMILES string of the molecule is O=S(=O)(Nc1cc2c(cc1Cl)OCCCO2)c1ccccc1F. The highest BCUT2D eigenvalue weighted by molar-refractivity contribution is 7.92. The van der Waals surface area contributed by atoms with Crippen molar-refractivity contribution in [2.24, 2.45) is 0 Å². The summed E-state index contributed by atoms with van der Waals surface area (Å²) in [6.07, 6.45) is 0.711. The second-order valence-electron chi connectivity index (χ2n) is 4.87. The monoisotopic (exact) mass is 357 g/mol. The summed E-state index contributed by atoms with van der Waals surface area (Å²) in [5, 5.41) is 0.133. The minimum absolute atomic E-state index is 0.0965. The van der Waals surface area contributed by atoms with Crippen LogP contribution < -0.4 is 14.2 Å². The first-order chi connectivity index (χ1) is 11.0. The first-order valence-corrected chi connectivity index (χ1v) is 8.70. The molecule has 0 aromatic heterocycles. The first kappa shape index (κ1) is 15.9. The van der Waals surface area contributed by atoms with Crippen LogP contribution in [-0.4, -0.2) is 21.6 Å². The number of sulfonamides is 1. The van der Waals surface area contributed by atoms with Gasteiger partial charge in [-0.25, -0.2) is 12.8 Å². The zero-order valence-corrected chi connectivity index (χ0v) is 13.5. The number of ether oxygens (including phenoxy) is 2. The van der Waals surface area contributed by atoms with E-state index in [-0.39, 0.29) is 10.7 Å². The summed E-state index contributed by atoms with van der Waals surface area (Å²) in [6.45, 7) is 0.942. The maximum atomic E-state index is 13.7. The predicted molar refractivity (Wildman–Crippen MR) is 84.3 cm³/mol. The van der Waals surface area contributed by atoms with E-state index in [1.165, 1.54) is 30.3 Å². The number of nitrogens with one attached hydrogen (secondary N) is 1. The molecule has 0 aliphatic carbocycles. The van der Waals surface area contributed by atoms with Crippen LogP contribution >= 0.6 is 11.6 Å². The molecule has 0 saturated carbocycles. The Balaban J connectivity index is 1.97. The van der Waals surface area contributed by atoms with Gasteiger partial charge in [-0.15, -0.1) is 0 Å². The van der Waals surface area contributed by atoms with Gasteiger partial charge < -0.3 is 9.47 Å². The van der Waals surface area contributed by atoms with Crippen LogP contribution in [0.3, 0.4) is 0 Å². The van der Waals surface area contributed by atoms with Crippen LogP contribution in [0, 0.1) is 5.82 Å². The first-order valence-electron chi connectivity index (χ1n) is 6.84. The van der Waals surface area contributed by atoms with Gasteiger partial charge in [0.2, 0.25) is 0 Å². The Morgan fingerprint density at radius 3 is 2.43 bits per heavy atom. The van der Waals surface area contributed by atoms with Crippen LogP contribution in [0.2, 0.25) is 5.02 Å². The molecule has 0 bridgehead atoms. The molecule has 1 heterocycles. The highest BCUT2D eigenvalue weighted by atomic mass is 35.5. The fourth-order valence-corrected chi connectivity index (χ4v) is 3.53. The number of fused-ring (bicyclic) bond motifs is 1. The van der Waals surface area contributed by atoms with Crippen molar-refractivity contribution in [3.63, 3.8) is 0 Å². The third-order valence-electron chi connectivity index (χ3n) is 3.21. The Hall–Kier alpha value is -1.99. The number of halogens is 2. The van der Waals surface area contributed by atoms with Crippen LogP contribution in [0.1, 0.15) is 6.42 Å². The zero-order valence-electron chi connectivity index (χ0n) is 11.9. The molecule has 0 saturated heterocycles. The third-order valence-corrected chi connectivity index (χ3v) is 4.92. The van der Waals surface area contributed by atoms with E-state index in [9.17, 15) is 12.8 Å². The molecule has 5 nitrogen and oxygen atoms in total. The number of anilines is 1. The van der Waals surface area contributed by atoms with Crippen LogP contribution in [0.25, 0.3) is 0 Å². The lowest BCUT2D eigenvalue weighted by atomic mass is 10.3. The Morgan fingerprint density at radius 2 is 1.74 bits per heavy atom. The fourth-order valence-electron chi connectivity index (χ4n) is 2.12. The highest BCUT2D eigenvalue weighted by Crippen LogP contribution is 2.38. The van der Waals surface area contributed by atoms with Gasteiger partial charge in [0, 0.05) is 18.6 Å². The molecule has 3 rings (SSSR count). The summed E-state index contributed by atoms with van der Waals surface area (Å²) in [5.41, 5.74) is 0.0965. The maximum absolute atomic E-state index is 13.7. The van der Waals surface area contributed by atoms with E-state index in [4.69, 9.17) is 21.1 Å². The molecule has 0 spiro atoms. The molecular formula is C15H13ClFNO4S. The van der Waals surface area contributed by atoms with E-state index in [1.807, 2.05) is 0 Å². The largest absolute Gasteiger partial charge is 0.490 e. The summed E-state index contributed by atoms with van der Waals surface area (Å²) in [7, 11) is -4.11. The van der Waals surface area contributed by atoms with Gasteiger partial charge in [0.15, 0.2) is 11.5 Å².